The first-order valence-electron chi connectivity index (χ1n) is 9.17. The quantitative estimate of drug-likeness (QED) is 0.714. The van der Waals surface area contributed by atoms with Crippen molar-refractivity contribution in [3.05, 3.63) is 64.7 Å². The number of carbonyl (C=O) groups excluding carboxylic acids is 1. The Morgan fingerprint density at radius 3 is 2.72 bits per heavy atom. The summed E-state index contributed by atoms with van der Waals surface area (Å²) in [4.78, 5) is 19.5. The van der Waals surface area contributed by atoms with Crippen LogP contribution in [0.3, 0.4) is 0 Å². The molecule has 0 aliphatic carbocycles. The van der Waals surface area contributed by atoms with Gasteiger partial charge in [-0.15, -0.1) is 0 Å². The molecule has 8 heteroatoms. The highest BCUT2D eigenvalue weighted by Gasteiger charge is 2.30. The number of hydrogen-bond acceptors (Lipinski definition) is 4. The van der Waals surface area contributed by atoms with Gasteiger partial charge in [-0.2, -0.15) is 0 Å². The summed E-state index contributed by atoms with van der Waals surface area (Å²) in [6.07, 6.45) is -0.879. The van der Waals surface area contributed by atoms with Crippen LogP contribution in [0.4, 0.5) is 5.69 Å². The van der Waals surface area contributed by atoms with Gasteiger partial charge in [0, 0.05) is 36.3 Å². The zero-order chi connectivity index (χ0) is 21.0. The van der Waals surface area contributed by atoms with E-state index in [1.807, 2.05) is 49.4 Å². The third-order valence-electron chi connectivity index (χ3n) is 4.51. The summed E-state index contributed by atoms with van der Waals surface area (Å²) in [6.45, 7) is 2.43. The summed E-state index contributed by atoms with van der Waals surface area (Å²) >= 11 is 11.6. The molecule has 1 aliphatic rings. The van der Waals surface area contributed by atoms with Crippen LogP contribution in [0.5, 0.6) is 0 Å². The van der Waals surface area contributed by atoms with Crippen LogP contribution in [0.25, 0.3) is 0 Å². The number of anilines is 1. The number of rotatable bonds is 5. The van der Waals surface area contributed by atoms with Crippen molar-refractivity contribution in [2.75, 3.05) is 25.7 Å². The number of ether oxygens (including phenoxy) is 1. The Kier molecular flexibility index (Phi) is 6.84. The number of thiocarbonyl (C=S) groups is 1. The molecule has 2 N–H and O–H groups in total. The van der Waals surface area contributed by atoms with E-state index in [1.165, 1.54) is 0 Å². The van der Waals surface area contributed by atoms with E-state index in [0.29, 0.717) is 22.5 Å². The molecule has 3 rings (SSSR count). The maximum Gasteiger partial charge on any atom is 0.272 e. The molecule has 0 radical (unpaired) electrons. The SMILES string of the molecule is COCC(C)NC(=S)NC1N=C(c2ccccc2)c2cc(Cl)ccc2N(C)C1=O. The highest BCUT2D eigenvalue weighted by molar-refractivity contribution is 7.80. The second-order valence-electron chi connectivity index (χ2n) is 6.78. The fraction of sp³-hybridized carbons (Fsp3) is 0.286. The van der Waals surface area contributed by atoms with Crippen LogP contribution >= 0.6 is 23.8 Å². The van der Waals surface area contributed by atoms with Gasteiger partial charge in [0.05, 0.1) is 18.0 Å². The summed E-state index contributed by atoms with van der Waals surface area (Å²) < 4.78 is 5.12. The first-order chi connectivity index (χ1) is 13.9. The average molecular weight is 431 g/mol. The molecule has 2 atom stereocenters. The Labute approximate surface area is 180 Å². The molecular weight excluding hydrogens is 408 g/mol. The monoisotopic (exact) mass is 430 g/mol. The second-order valence-corrected chi connectivity index (χ2v) is 7.62. The Bertz CT molecular complexity index is 936. The normalized spacial score (nSPS) is 17.1. The second kappa shape index (κ2) is 9.35. The van der Waals surface area contributed by atoms with Crippen LogP contribution in [-0.2, 0) is 9.53 Å². The van der Waals surface area contributed by atoms with Gasteiger partial charge in [0.25, 0.3) is 5.91 Å². The third kappa shape index (κ3) is 4.93. The predicted molar refractivity (Wildman–Crippen MR) is 121 cm³/mol. The van der Waals surface area contributed by atoms with Gasteiger partial charge in [0.2, 0.25) is 6.17 Å². The van der Waals surface area contributed by atoms with Crippen molar-refractivity contribution < 1.29 is 9.53 Å². The molecule has 6 nitrogen and oxygen atoms in total. The van der Waals surface area contributed by atoms with Gasteiger partial charge >= 0.3 is 0 Å². The van der Waals surface area contributed by atoms with Crippen LogP contribution in [0.15, 0.2) is 53.5 Å². The summed E-state index contributed by atoms with van der Waals surface area (Å²) in [6, 6.07) is 15.1. The number of amides is 1. The summed E-state index contributed by atoms with van der Waals surface area (Å²) in [5, 5.41) is 7.04. The number of hydrogen-bond donors (Lipinski definition) is 2. The van der Waals surface area contributed by atoms with E-state index in [9.17, 15) is 4.79 Å². The van der Waals surface area contributed by atoms with E-state index >= 15 is 0 Å². The molecule has 2 aromatic rings. The lowest BCUT2D eigenvalue weighted by Gasteiger charge is -2.23. The fourth-order valence-electron chi connectivity index (χ4n) is 3.15. The number of nitrogens with zero attached hydrogens (tertiary/aromatic N) is 2. The smallest absolute Gasteiger partial charge is 0.272 e. The standard InChI is InChI=1S/C21H23ClN4O2S/c1-13(12-28-3)23-21(29)25-19-20(27)26(2)17-10-9-15(22)11-16(17)18(24-19)14-7-5-4-6-8-14/h4-11,13,19H,12H2,1-3H3,(H2,23,25,29). The summed E-state index contributed by atoms with van der Waals surface area (Å²) in [7, 11) is 3.34. The maximum absolute atomic E-state index is 13.1. The molecule has 0 spiro atoms. The predicted octanol–water partition coefficient (Wildman–Crippen LogP) is 2.98. The minimum absolute atomic E-state index is 0.00723. The molecule has 0 bridgehead atoms. The third-order valence-corrected chi connectivity index (χ3v) is 4.98. The first-order valence-corrected chi connectivity index (χ1v) is 9.96. The van der Waals surface area contributed by atoms with Gasteiger partial charge < -0.3 is 20.3 Å². The molecule has 152 valence electrons. The van der Waals surface area contributed by atoms with Crippen molar-refractivity contribution in [2.24, 2.45) is 4.99 Å². The van der Waals surface area contributed by atoms with Crippen LogP contribution in [-0.4, -0.2) is 49.7 Å². The number of nitrogens with one attached hydrogen (secondary N) is 2. The van der Waals surface area contributed by atoms with Crippen molar-refractivity contribution in [3.8, 4) is 0 Å². The first kappa shape index (κ1) is 21.2. The van der Waals surface area contributed by atoms with Gasteiger partial charge in [0.15, 0.2) is 5.11 Å². The highest BCUT2D eigenvalue weighted by atomic mass is 35.5. The van der Waals surface area contributed by atoms with Crippen molar-refractivity contribution in [2.45, 2.75) is 19.1 Å². The van der Waals surface area contributed by atoms with Crippen molar-refractivity contribution in [1.82, 2.24) is 10.6 Å². The van der Waals surface area contributed by atoms with Gasteiger partial charge in [-0.25, -0.2) is 4.99 Å². The maximum atomic E-state index is 13.1. The molecule has 1 aliphatic heterocycles. The van der Waals surface area contributed by atoms with E-state index in [0.717, 1.165) is 16.8 Å². The van der Waals surface area contributed by atoms with Gasteiger partial charge in [0.1, 0.15) is 0 Å². The molecule has 0 aromatic heterocycles. The Hall–Kier alpha value is -2.48. The van der Waals surface area contributed by atoms with Gasteiger partial charge in [-0.05, 0) is 37.3 Å². The van der Waals surface area contributed by atoms with E-state index < -0.39 is 6.17 Å². The zero-order valence-electron chi connectivity index (χ0n) is 16.5. The van der Waals surface area contributed by atoms with Crippen molar-refractivity contribution >= 4 is 46.2 Å². The number of benzene rings is 2. The average Bonchev–Trinajstić information content (AvgIpc) is 2.79. The largest absolute Gasteiger partial charge is 0.383 e. The number of halogens is 1. The molecule has 0 fully saturated rings. The Morgan fingerprint density at radius 1 is 1.31 bits per heavy atom. The fourth-order valence-corrected chi connectivity index (χ4v) is 3.63. The lowest BCUT2D eigenvalue weighted by Crippen LogP contribution is -2.51. The molecule has 2 aromatic carbocycles. The van der Waals surface area contributed by atoms with E-state index in [4.69, 9.17) is 33.5 Å². The Morgan fingerprint density at radius 2 is 2.03 bits per heavy atom. The molecule has 29 heavy (non-hydrogen) atoms. The van der Waals surface area contributed by atoms with E-state index in [-0.39, 0.29) is 11.9 Å². The lowest BCUT2D eigenvalue weighted by atomic mass is 10.0. The lowest BCUT2D eigenvalue weighted by molar-refractivity contribution is -0.119. The van der Waals surface area contributed by atoms with Crippen molar-refractivity contribution in [1.29, 1.82) is 0 Å². The molecular formula is C21H23ClN4O2S. The number of aliphatic imine (C=N–C) groups is 1. The molecule has 1 amide bonds. The number of likely N-dealkylation sites (N-methyl/N-ethyl adjacent to an activating group) is 1. The van der Waals surface area contributed by atoms with Gasteiger partial charge in [-0.3, -0.25) is 4.79 Å². The van der Waals surface area contributed by atoms with Gasteiger partial charge in [-0.1, -0.05) is 41.9 Å². The molecule has 2 unspecified atom stereocenters. The molecule has 0 saturated carbocycles. The van der Waals surface area contributed by atoms with Crippen molar-refractivity contribution in [3.63, 3.8) is 0 Å². The van der Waals surface area contributed by atoms with Crippen LogP contribution in [0.1, 0.15) is 18.1 Å². The number of fused-ring (bicyclic) bond motifs is 1. The number of carbonyl (C=O) groups is 1. The van der Waals surface area contributed by atoms with Crippen LogP contribution in [0.2, 0.25) is 5.02 Å². The van der Waals surface area contributed by atoms with E-state index in [2.05, 4.69) is 10.6 Å². The topological polar surface area (TPSA) is 66.0 Å². The molecule has 0 saturated heterocycles. The minimum atomic E-state index is -0.879. The zero-order valence-corrected chi connectivity index (χ0v) is 18.1. The Balaban J connectivity index is 2.01. The van der Waals surface area contributed by atoms with E-state index in [1.54, 1.807) is 25.1 Å². The number of benzodiazepines with no additional fused rings is 1. The molecule has 1 heterocycles. The highest BCUT2D eigenvalue weighted by Crippen LogP contribution is 2.29. The number of methoxy groups -OCH3 is 1. The summed E-state index contributed by atoms with van der Waals surface area (Å²) in [5.74, 6) is -0.219. The minimum Gasteiger partial charge on any atom is -0.383 e. The van der Waals surface area contributed by atoms with Crippen LogP contribution in [0, 0.1) is 0 Å². The van der Waals surface area contributed by atoms with Crippen LogP contribution < -0.4 is 15.5 Å². The summed E-state index contributed by atoms with van der Waals surface area (Å²) in [5.41, 5.74) is 3.08.